The first-order valence-electron chi connectivity index (χ1n) is 8.53. The lowest BCUT2D eigenvalue weighted by Crippen LogP contribution is -2.40. The van der Waals surface area contributed by atoms with Crippen LogP contribution < -0.4 is 5.48 Å². The van der Waals surface area contributed by atoms with Crippen molar-refractivity contribution >= 4 is 17.7 Å². The van der Waals surface area contributed by atoms with E-state index in [4.69, 9.17) is 15.1 Å². The number of carbonyl (C=O) groups is 3. The second-order valence-electron chi connectivity index (χ2n) is 6.30. The van der Waals surface area contributed by atoms with Crippen molar-refractivity contribution < 1.29 is 29.4 Å². The van der Waals surface area contributed by atoms with E-state index >= 15 is 0 Å². The van der Waals surface area contributed by atoms with Crippen molar-refractivity contribution in [3.8, 4) is 11.1 Å². The molecule has 2 aromatic carbocycles. The molecule has 0 fully saturated rings. The highest BCUT2D eigenvalue weighted by Gasteiger charge is 2.31. The van der Waals surface area contributed by atoms with Gasteiger partial charge in [0.15, 0.2) is 0 Å². The molecule has 0 heterocycles. The lowest BCUT2D eigenvalue weighted by Gasteiger charge is -2.16. The van der Waals surface area contributed by atoms with E-state index in [1.54, 1.807) is 5.48 Å². The van der Waals surface area contributed by atoms with Crippen LogP contribution in [0.15, 0.2) is 48.5 Å². The number of carboxylic acids is 1. The lowest BCUT2D eigenvalue weighted by molar-refractivity contribution is -0.156. The van der Waals surface area contributed by atoms with Crippen LogP contribution in [0.2, 0.25) is 0 Å². The average Bonchev–Trinajstić information content (AvgIpc) is 3.00. The molecule has 1 aliphatic rings. The van der Waals surface area contributed by atoms with Gasteiger partial charge in [-0.1, -0.05) is 48.5 Å². The quantitative estimate of drug-likeness (QED) is 0.371. The number of ketones is 1. The number of carboxylic acid groups (broad SMARTS) is 1. The molecule has 0 saturated carbocycles. The van der Waals surface area contributed by atoms with Crippen molar-refractivity contribution in [1.82, 2.24) is 5.48 Å². The SMILES string of the molecule is O=C(O)CC[C@H](NO)C(=O)C(=O)OCC1c2ccccc2-c2ccccc21. The van der Waals surface area contributed by atoms with Crippen molar-refractivity contribution in [2.45, 2.75) is 24.8 Å². The summed E-state index contributed by atoms with van der Waals surface area (Å²) in [6.07, 6.45) is -0.574. The van der Waals surface area contributed by atoms with Gasteiger partial charge in [-0.2, -0.15) is 5.48 Å². The number of hydrogen-bond donors (Lipinski definition) is 3. The summed E-state index contributed by atoms with van der Waals surface area (Å²) in [5.41, 5.74) is 5.85. The van der Waals surface area contributed by atoms with E-state index < -0.39 is 23.8 Å². The maximum atomic E-state index is 12.1. The molecule has 0 unspecified atom stereocenters. The van der Waals surface area contributed by atoms with Crippen molar-refractivity contribution in [3.05, 3.63) is 59.7 Å². The zero-order valence-electron chi connectivity index (χ0n) is 14.4. The number of fused-ring (bicyclic) bond motifs is 3. The van der Waals surface area contributed by atoms with Gasteiger partial charge >= 0.3 is 11.9 Å². The zero-order chi connectivity index (χ0) is 19.4. The Kier molecular flexibility index (Phi) is 5.63. The molecule has 0 radical (unpaired) electrons. The molecule has 1 aliphatic carbocycles. The summed E-state index contributed by atoms with van der Waals surface area (Å²) in [5.74, 6) is -3.42. The van der Waals surface area contributed by atoms with Crippen LogP contribution in [-0.2, 0) is 19.1 Å². The Morgan fingerprint density at radius 3 is 2.07 bits per heavy atom. The van der Waals surface area contributed by atoms with Crippen LogP contribution in [0.4, 0.5) is 0 Å². The van der Waals surface area contributed by atoms with E-state index in [2.05, 4.69) is 0 Å². The van der Waals surface area contributed by atoms with E-state index in [1.165, 1.54) is 0 Å². The summed E-state index contributed by atoms with van der Waals surface area (Å²) in [5, 5.41) is 17.7. The Balaban J connectivity index is 1.70. The van der Waals surface area contributed by atoms with Crippen LogP contribution in [0.1, 0.15) is 29.9 Å². The van der Waals surface area contributed by atoms with E-state index in [9.17, 15) is 14.4 Å². The number of benzene rings is 2. The summed E-state index contributed by atoms with van der Waals surface area (Å²) >= 11 is 0. The van der Waals surface area contributed by atoms with Crippen molar-refractivity contribution in [2.24, 2.45) is 0 Å². The molecule has 7 nitrogen and oxygen atoms in total. The minimum absolute atomic E-state index is 0.0182. The van der Waals surface area contributed by atoms with Crippen molar-refractivity contribution in [1.29, 1.82) is 0 Å². The Morgan fingerprint density at radius 2 is 1.56 bits per heavy atom. The zero-order valence-corrected chi connectivity index (χ0v) is 14.4. The number of Topliss-reactive ketones (excluding diaryl/α,β-unsaturated/α-hetero) is 1. The van der Waals surface area contributed by atoms with Crippen LogP contribution in [0.5, 0.6) is 0 Å². The Morgan fingerprint density at radius 1 is 1.00 bits per heavy atom. The monoisotopic (exact) mass is 369 g/mol. The summed E-state index contributed by atoms with van der Waals surface area (Å²) in [6.45, 7) is -0.0182. The van der Waals surface area contributed by atoms with Gasteiger partial charge in [0, 0.05) is 12.3 Å². The molecule has 3 rings (SSSR count). The summed E-state index contributed by atoms with van der Waals surface area (Å²) in [4.78, 5) is 34.8. The molecule has 1 atom stereocenters. The van der Waals surface area contributed by atoms with Crippen LogP contribution in [-0.4, -0.2) is 40.7 Å². The van der Waals surface area contributed by atoms with E-state index in [0.29, 0.717) is 0 Å². The first-order chi connectivity index (χ1) is 13.0. The van der Waals surface area contributed by atoms with Gasteiger partial charge in [-0.15, -0.1) is 0 Å². The normalized spacial score (nSPS) is 13.5. The van der Waals surface area contributed by atoms with Gasteiger partial charge in [0.25, 0.3) is 5.78 Å². The number of ether oxygens (including phenoxy) is 1. The fourth-order valence-electron chi connectivity index (χ4n) is 3.33. The van der Waals surface area contributed by atoms with Gasteiger partial charge < -0.3 is 15.1 Å². The molecule has 0 spiro atoms. The number of aliphatic carboxylic acids is 1. The minimum Gasteiger partial charge on any atom is -0.481 e. The first-order valence-corrected chi connectivity index (χ1v) is 8.53. The Bertz CT molecular complexity index is 833. The van der Waals surface area contributed by atoms with E-state index in [1.807, 2.05) is 48.5 Å². The molecule has 0 amide bonds. The fourth-order valence-corrected chi connectivity index (χ4v) is 3.33. The second-order valence-corrected chi connectivity index (χ2v) is 6.30. The highest BCUT2D eigenvalue weighted by molar-refractivity contribution is 6.35. The molecule has 3 N–H and O–H groups in total. The van der Waals surface area contributed by atoms with Crippen LogP contribution in [0.25, 0.3) is 11.1 Å². The number of carbonyl (C=O) groups excluding carboxylic acids is 2. The van der Waals surface area contributed by atoms with Gasteiger partial charge in [-0.3, -0.25) is 9.59 Å². The Labute approximate surface area is 155 Å². The van der Waals surface area contributed by atoms with Gasteiger partial charge in [-0.05, 0) is 28.7 Å². The molecule has 2 aromatic rings. The molecule has 0 aromatic heterocycles. The molecule has 0 saturated heterocycles. The third-order valence-corrected chi connectivity index (χ3v) is 4.66. The molecule has 0 bridgehead atoms. The standard InChI is InChI=1S/C20H19NO6/c22-18(23)10-9-17(21-26)19(24)20(25)27-11-16-14-7-3-1-5-12(14)13-6-2-4-8-15(13)16/h1-8,16-17,21,26H,9-11H2,(H,22,23)/t17-/m0/s1. The van der Waals surface area contributed by atoms with Gasteiger partial charge in [0.1, 0.15) is 12.6 Å². The first kappa shape index (κ1) is 18.8. The predicted molar refractivity (Wildman–Crippen MR) is 95.3 cm³/mol. The third kappa shape index (κ3) is 3.89. The molecule has 7 heteroatoms. The van der Waals surface area contributed by atoms with Crippen LogP contribution in [0.3, 0.4) is 0 Å². The van der Waals surface area contributed by atoms with E-state index in [0.717, 1.165) is 22.3 Å². The fraction of sp³-hybridized carbons (Fsp3) is 0.250. The van der Waals surface area contributed by atoms with Crippen molar-refractivity contribution in [3.63, 3.8) is 0 Å². The van der Waals surface area contributed by atoms with Crippen LogP contribution in [0, 0.1) is 0 Å². The molecule has 0 aliphatic heterocycles. The summed E-state index contributed by atoms with van der Waals surface area (Å²) in [7, 11) is 0. The van der Waals surface area contributed by atoms with Crippen LogP contribution >= 0.6 is 0 Å². The number of esters is 1. The Hall–Kier alpha value is -3.03. The second kappa shape index (κ2) is 8.11. The molecule has 27 heavy (non-hydrogen) atoms. The third-order valence-electron chi connectivity index (χ3n) is 4.66. The predicted octanol–water partition coefficient (Wildman–Crippen LogP) is 2.12. The summed E-state index contributed by atoms with van der Waals surface area (Å²) < 4.78 is 5.20. The largest absolute Gasteiger partial charge is 0.481 e. The topological polar surface area (TPSA) is 113 Å². The molecular formula is C20H19NO6. The number of rotatable bonds is 8. The van der Waals surface area contributed by atoms with Gasteiger partial charge in [0.2, 0.25) is 0 Å². The molecular weight excluding hydrogens is 350 g/mol. The van der Waals surface area contributed by atoms with E-state index in [-0.39, 0.29) is 25.4 Å². The number of hydrogen-bond acceptors (Lipinski definition) is 6. The summed E-state index contributed by atoms with van der Waals surface area (Å²) in [6, 6.07) is 14.3. The highest BCUT2D eigenvalue weighted by atomic mass is 16.5. The number of hydroxylamine groups is 1. The maximum absolute atomic E-state index is 12.1. The van der Waals surface area contributed by atoms with Crippen molar-refractivity contribution in [2.75, 3.05) is 6.61 Å². The smallest absolute Gasteiger partial charge is 0.376 e. The van der Waals surface area contributed by atoms with Gasteiger partial charge in [0.05, 0.1) is 0 Å². The van der Waals surface area contributed by atoms with Gasteiger partial charge in [-0.25, -0.2) is 4.79 Å². The highest BCUT2D eigenvalue weighted by Crippen LogP contribution is 2.44. The average molecular weight is 369 g/mol. The number of nitrogens with one attached hydrogen (secondary N) is 1. The molecule has 140 valence electrons. The lowest BCUT2D eigenvalue weighted by atomic mass is 9.98. The maximum Gasteiger partial charge on any atom is 0.376 e. The minimum atomic E-state index is -1.31.